The van der Waals surface area contributed by atoms with Crippen LogP contribution in [0.15, 0.2) is 212 Å². The molecule has 292 valence electrons. The van der Waals surface area contributed by atoms with Gasteiger partial charge in [-0.3, -0.25) is 0 Å². The first-order valence-electron chi connectivity index (χ1n) is 21.4. The third-order valence-electron chi connectivity index (χ3n) is 13.0. The first kappa shape index (κ1) is 36.0. The fraction of sp³-hybridized carbons (Fsp3) is 0.0508. The van der Waals surface area contributed by atoms with Crippen LogP contribution in [0.1, 0.15) is 25.0 Å². The lowest BCUT2D eigenvalue weighted by atomic mass is 9.81. The van der Waals surface area contributed by atoms with E-state index >= 15 is 0 Å². The molecule has 2 aromatic heterocycles. The van der Waals surface area contributed by atoms with Gasteiger partial charge in [-0.2, -0.15) is 0 Å². The molecule has 0 unspecified atom stereocenters. The second-order valence-corrected chi connectivity index (χ2v) is 16.9. The van der Waals surface area contributed by atoms with Gasteiger partial charge >= 0.3 is 0 Å². The number of para-hydroxylation sites is 2. The molecule has 62 heavy (non-hydrogen) atoms. The van der Waals surface area contributed by atoms with E-state index in [0.717, 1.165) is 50.5 Å². The third kappa shape index (κ3) is 5.66. The van der Waals surface area contributed by atoms with Gasteiger partial charge in [0.25, 0.3) is 0 Å². The van der Waals surface area contributed by atoms with Gasteiger partial charge in [-0.15, -0.1) is 0 Å². The van der Waals surface area contributed by atoms with Gasteiger partial charge in [-0.1, -0.05) is 178 Å². The van der Waals surface area contributed by atoms with Crippen molar-refractivity contribution in [3.63, 3.8) is 0 Å². The molecule has 0 atom stereocenters. The zero-order valence-corrected chi connectivity index (χ0v) is 34.5. The van der Waals surface area contributed by atoms with Gasteiger partial charge in [0.15, 0.2) is 5.82 Å². The van der Waals surface area contributed by atoms with Gasteiger partial charge in [0.1, 0.15) is 0 Å². The average Bonchev–Trinajstić information content (AvgIpc) is 3.78. The van der Waals surface area contributed by atoms with E-state index in [1.165, 1.54) is 60.4 Å². The Hall–Kier alpha value is -7.88. The van der Waals surface area contributed by atoms with Crippen LogP contribution in [0.3, 0.4) is 0 Å². The van der Waals surface area contributed by atoms with E-state index in [-0.39, 0.29) is 5.41 Å². The maximum atomic E-state index is 5.39. The van der Waals surface area contributed by atoms with Gasteiger partial charge in [0.05, 0.1) is 22.4 Å². The number of benzene rings is 9. The molecule has 2 heterocycles. The highest BCUT2D eigenvalue weighted by Crippen LogP contribution is 2.54. The van der Waals surface area contributed by atoms with Crippen LogP contribution in [-0.2, 0) is 5.41 Å². The van der Waals surface area contributed by atoms with E-state index in [0.29, 0.717) is 5.82 Å². The number of aromatic nitrogens is 3. The zero-order chi connectivity index (χ0) is 41.4. The van der Waals surface area contributed by atoms with Crippen LogP contribution in [0.4, 0.5) is 0 Å². The van der Waals surface area contributed by atoms with Crippen molar-refractivity contribution in [2.24, 2.45) is 0 Å². The maximum absolute atomic E-state index is 5.39. The Morgan fingerprint density at radius 1 is 0.371 bits per heavy atom. The first-order chi connectivity index (χ1) is 30.5. The SMILES string of the molecule is CC1(C)c2cc3ccccc3cc2-c2c(-c3ccccc3-c3cc(-c4ccccc4-c4ccc5c(c4)c4ccccc4n5-c4ccccc4)nc(-c4ccccc4)n3)cccc21. The molecule has 0 fully saturated rings. The minimum atomic E-state index is -0.147. The van der Waals surface area contributed by atoms with Gasteiger partial charge < -0.3 is 4.57 Å². The lowest BCUT2D eigenvalue weighted by Crippen LogP contribution is -2.14. The molecule has 1 aliphatic rings. The lowest BCUT2D eigenvalue weighted by Gasteiger charge is -2.22. The van der Waals surface area contributed by atoms with E-state index in [2.05, 4.69) is 225 Å². The van der Waals surface area contributed by atoms with Crippen LogP contribution in [0.25, 0.3) is 106 Å². The Balaban J connectivity index is 1.05. The van der Waals surface area contributed by atoms with E-state index in [1.807, 2.05) is 6.07 Å². The minimum absolute atomic E-state index is 0.147. The summed E-state index contributed by atoms with van der Waals surface area (Å²) in [5, 5.41) is 4.97. The monoisotopic (exact) mass is 791 g/mol. The van der Waals surface area contributed by atoms with Crippen LogP contribution in [0.2, 0.25) is 0 Å². The largest absolute Gasteiger partial charge is 0.309 e. The molecule has 0 aliphatic heterocycles. The molecule has 9 aromatic carbocycles. The average molecular weight is 792 g/mol. The molecule has 0 bridgehead atoms. The molecule has 0 amide bonds. The smallest absolute Gasteiger partial charge is 0.160 e. The molecule has 0 radical (unpaired) electrons. The molecule has 12 rings (SSSR count). The second-order valence-electron chi connectivity index (χ2n) is 16.9. The Kier molecular flexibility index (Phi) is 8.20. The number of hydrogen-bond acceptors (Lipinski definition) is 2. The molecule has 3 nitrogen and oxygen atoms in total. The predicted octanol–water partition coefficient (Wildman–Crippen LogP) is 15.4. The van der Waals surface area contributed by atoms with E-state index in [4.69, 9.17) is 9.97 Å². The normalized spacial score (nSPS) is 12.8. The topological polar surface area (TPSA) is 30.7 Å². The Labute approximate surface area is 361 Å². The van der Waals surface area contributed by atoms with Crippen molar-refractivity contribution in [1.29, 1.82) is 0 Å². The van der Waals surface area contributed by atoms with Gasteiger partial charge in [0, 0.05) is 38.6 Å². The summed E-state index contributed by atoms with van der Waals surface area (Å²) in [6.45, 7) is 4.73. The Morgan fingerprint density at radius 3 is 1.71 bits per heavy atom. The maximum Gasteiger partial charge on any atom is 0.160 e. The first-order valence-corrected chi connectivity index (χ1v) is 21.4. The molecular formula is C59H41N3. The molecule has 0 saturated heterocycles. The van der Waals surface area contributed by atoms with Gasteiger partial charge in [0.2, 0.25) is 0 Å². The van der Waals surface area contributed by atoms with Crippen molar-refractivity contribution in [3.05, 3.63) is 223 Å². The minimum Gasteiger partial charge on any atom is -0.309 e. The standard InChI is InChI=1S/C59H41N3/c1-59(2)51-30-17-29-48(57(51)50-34-39-20-9-10-21-40(39)36-52(50)59)44-25-12-14-27-46(44)54-37-53(60-58(61-54)38-18-5-3-6-19-38)45-26-13-11-24-43(45)41-32-33-56-49(35-41)47-28-15-16-31-55(47)62(56)42-22-7-4-8-23-42/h3-37H,1-2H3. The Bertz CT molecular complexity index is 3540. The van der Waals surface area contributed by atoms with E-state index in [1.54, 1.807) is 0 Å². The van der Waals surface area contributed by atoms with Crippen LogP contribution in [0, 0.1) is 0 Å². The summed E-state index contributed by atoms with van der Waals surface area (Å²) in [7, 11) is 0. The lowest BCUT2D eigenvalue weighted by molar-refractivity contribution is 0.661. The number of rotatable bonds is 6. The highest BCUT2D eigenvalue weighted by Gasteiger charge is 2.37. The fourth-order valence-electron chi connectivity index (χ4n) is 10.0. The van der Waals surface area contributed by atoms with Crippen molar-refractivity contribution in [3.8, 4) is 73.0 Å². The molecule has 0 saturated carbocycles. The van der Waals surface area contributed by atoms with E-state index < -0.39 is 0 Å². The summed E-state index contributed by atoms with van der Waals surface area (Å²) in [5.74, 6) is 0.695. The molecule has 1 aliphatic carbocycles. The van der Waals surface area contributed by atoms with Crippen molar-refractivity contribution in [2.45, 2.75) is 19.3 Å². The second kappa shape index (κ2) is 14.1. The third-order valence-corrected chi connectivity index (χ3v) is 13.0. The molecule has 11 aromatic rings. The number of hydrogen-bond donors (Lipinski definition) is 0. The molecule has 3 heteroatoms. The van der Waals surface area contributed by atoms with Gasteiger partial charge in [-0.05, 0) is 104 Å². The van der Waals surface area contributed by atoms with Crippen molar-refractivity contribution < 1.29 is 0 Å². The number of nitrogens with zero attached hydrogens (tertiary/aromatic N) is 3. The Morgan fingerprint density at radius 2 is 0.952 bits per heavy atom. The number of fused-ring (bicyclic) bond motifs is 7. The summed E-state index contributed by atoms with van der Waals surface area (Å²) in [5.41, 5.74) is 18.2. The van der Waals surface area contributed by atoms with E-state index in [9.17, 15) is 0 Å². The summed E-state index contributed by atoms with van der Waals surface area (Å²) in [4.78, 5) is 10.8. The highest BCUT2D eigenvalue weighted by molar-refractivity contribution is 6.11. The van der Waals surface area contributed by atoms with Crippen molar-refractivity contribution in [2.75, 3.05) is 0 Å². The van der Waals surface area contributed by atoms with Crippen LogP contribution >= 0.6 is 0 Å². The summed E-state index contributed by atoms with van der Waals surface area (Å²) >= 11 is 0. The summed E-state index contributed by atoms with van der Waals surface area (Å²) in [6.07, 6.45) is 0. The predicted molar refractivity (Wildman–Crippen MR) is 259 cm³/mol. The summed E-state index contributed by atoms with van der Waals surface area (Å²) < 4.78 is 2.37. The molecule has 0 spiro atoms. The quantitative estimate of drug-likeness (QED) is 0.168. The highest BCUT2D eigenvalue weighted by atomic mass is 15.0. The van der Waals surface area contributed by atoms with Crippen molar-refractivity contribution >= 4 is 32.6 Å². The molecular weight excluding hydrogens is 751 g/mol. The van der Waals surface area contributed by atoms with Crippen LogP contribution in [-0.4, -0.2) is 14.5 Å². The molecule has 0 N–H and O–H groups in total. The fourth-order valence-corrected chi connectivity index (χ4v) is 10.0. The van der Waals surface area contributed by atoms with Crippen LogP contribution in [0.5, 0.6) is 0 Å². The van der Waals surface area contributed by atoms with Gasteiger partial charge in [-0.25, -0.2) is 9.97 Å². The van der Waals surface area contributed by atoms with Crippen LogP contribution < -0.4 is 0 Å². The summed E-state index contributed by atoms with van der Waals surface area (Å²) in [6, 6.07) is 76.6. The van der Waals surface area contributed by atoms with Crippen molar-refractivity contribution in [1.82, 2.24) is 14.5 Å². The zero-order valence-electron chi connectivity index (χ0n) is 34.5.